The number of aromatic nitrogens is 1. The number of aryl methyl sites for hydroxylation is 1. The van der Waals surface area contributed by atoms with Gasteiger partial charge in [0.1, 0.15) is 5.82 Å². The van der Waals surface area contributed by atoms with E-state index in [1.165, 1.54) is 37.5 Å². The predicted molar refractivity (Wildman–Crippen MR) is 72.7 cm³/mol. The molecule has 1 amide bonds. The van der Waals surface area contributed by atoms with Crippen molar-refractivity contribution >= 4 is 33.4 Å². The summed E-state index contributed by atoms with van der Waals surface area (Å²) in [6.45, 7) is 1.67. The van der Waals surface area contributed by atoms with Crippen molar-refractivity contribution in [2.24, 2.45) is 4.99 Å². The van der Waals surface area contributed by atoms with Crippen LogP contribution in [0.4, 0.5) is 4.39 Å². The van der Waals surface area contributed by atoms with E-state index < -0.39 is 0 Å². The second-order valence-corrected chi connectivity index (χ2v) is 5.11. The number of rotatable bonds is 3. The summed E-state index contributed by atoms with van der Waals surface area (Å²) in [5.41, 5.74) is 0.736. The second kappa shape index (κ2) is 5.96. The van der Waals surface area contributed by atoms with Crippen LogP contribution >= 0.6 is 11.3 Å². The number of benzene rings is 1. The summed E-state index contributed by atoms with van der Waals surface area (Å²) in [5.74, 6) is -1.05. The second-order valence-electron chi connectivity index (χ2n) is 4.11. The van der Waals surface area contributed by atoms with Crippen LogP contribution in [0.5, 0.6) is 0 Å². The van der Waals surface area contributed by atoms with Crippen molar-refractivity contribution in [3.05, 3.63) is 28.8 Å². The summed E-state index contributed by atoms with van der Waals surface area (Å²) >= 11 is 1.21. The number of hydrogen-bond donors (Lipinski definition) is 0. The molecule has 0 unspecified atom stereocenters. The Hall–Kier alpha value is -2.02. The molecule has 1 aromatic heterocycles. The van der Waals surface area contributed by atoms with Gasteiger partial charge in [0.15, 0.2) is 4.80 Å². The standard InChI is InChI=1S/C13H13FN2O3S/c1-8(17)15-13-16(6-5-12(18)19-2)10-4-3-9(14)7-11(10)20-13/h3-4,7H,5-6H2,1-2H3. The average molecular weight is 296 g/mol. The molecule has 0 saturated heterocycles. The highest BCUT2D eigenvalue weighted by Gasteiger charge is 2.10. The number of hydrogen-bond acceptors (Lipinski definition) is 4. The number of ether oxygens (including phenoxy) is 1. The number of amides is 1. The maximum atomic E-state index is 13.2. The van der Waals surface area contributed by atoms with E-state index in [4.69, 9.17) is 0 Å². The first-order chi connectivity index (χ1) is 9.51. The lowest BCUT2D eigenvalue weighted by molar-refractivity contribution is -0.140. The van der Waals surface area contributed by atoms with Gasteiger partial charge in [-0.05, 0) is 18.2 Å². The van der Waals surface area contributed by atoms with Crippen LogP contribution in [0.2, 0.25) is 0 Å². The zero-order valence-corrected chi connectivity index (χ0v) is 11.9. The highest BCUT2D eigenvalue weighted by atomic mass is 32.1. The molecule has 0 saturated carbocycles. The van der Waals surface area contributed by atoms with Crippen LogP contribution in [-0.2, 0) is 20.9 Å². The molecule has 1 heterocycles. The van der Waals surface area contributed by atoms with E-state index in [0.717, 1.165) is 5.52 Å². The molecule has 20 heavy (non-hydrogen) atoms. The third kappa shape index (κ3) is 3.11. The first-order valence-electron chi connectivity index (χ1n) is 5.92. The molecule has 0 N–H and O–H groups in total. The highest BCUT2D eigenvalue weighted by Crippen LogP contribution is 2.19. The fourth-order valence-corrected chi connectivity index (χ4v) is 2.91. The molecule has 0 atom stereocenters. The molecule has 7 heteroatoms. The van der Waals surface area contributed by atoms with Crippen molar-refractivity contribution in [1.82, 2.24) is 4.57 Å². The van der Waals surface area contributed by atoms with E-state index in [1.807, 2.05) is 0 Å². The molecule has 0 aliphatic heterocycles. The van der Waals surface area contributed by atoms with Gasteiger partial charge in [0.2, 0.25) is 5.91 Å². The first kappa shape index (κ1) is 14.4. The van der Waals surface area contributed by atoms with Gasteiger partial charge in [-0.1, -0.05) is 11.3 Å². The molecular weight excluding hydrogens is 283 g/mol. The zero-order valence-electron chi connectivity index (χ0n) is 11.1. The Balaban J connectivity index is 2.53. The number of halogens is 1. The van der Waals surface area contributed by atoms with Gasteiger partial charge in [0.25, 0.3) is 0 Å². The number of carbonyl (C=O) groups is 2. The Morgan fingerprint density at radius 1 is 1.45 bits per heavy atom. The van der Waals surface area contributed by atoms with Gasteiger partial charge < -0.3 is 9.30 Å². The summed E-state index contributed by atoms with van der Waals surface area (Å²) in [7, 11) is 1.31. The van der Waals surface area contributed by atoms with Gasteiger partial charge in [-0.25, -0.2) is 4.39 Å². The van der Waals surface area contributed by atoms with Crippen molar-refractivity contribution in [2.75, 3.05) is 7.11 Å². The van der Waals surface area contributed by atoms with Crippen LogP contribution in [0.1, 0.15) is 13.3 Å². The Morgan fingerprint density at radius 2 is 2.20 bits per heavy atom. The Bertz CT molecular complexity index is 733. The lowest BCUT2D eigenvalue weighted by Crippen LogP contribution is -2.18. The van der Waals surface area contributed by atoms with Crippen molar-refractivity contribution < 1.29 is 18.7 Å². The number of methoxy groups -OCH3 is 1. The van der Waals surface area contributed by atoms with E-state index in [2.05, 4.69) is 9.73 Å². The Kier molecular flexibility index (Phi) is 4.29. The SMILES string of the molecule is COC(=O)CCn1c(=NC(C)=O)sc2cc(F)ccc21. The molecule has 5 nitrogen and oxygen atoms in total. The Morgan fingerprint density at radius 3 is 2.85 bits per heavy atom. The molecule has 0 aliphatic rings. The van der Waals surface area contributed by atoms with Crippen molar-refractivity contribution in [2.45, 2.75) is 19.9 Å². The molecule has 2 rings (SSSR count). The summed E-state index contributed by atoms with van der Waals surface area (Å²) in [5, 5.41) is 0. The van der Waals surface area contributed by atoms with E-state index in [-0.39, 0.29) is 24.1 Å². The minimum absolute atomic E-state index is 0.158. The van der Waals surface area contributed by atoms with E-state index in [0.29, 0.717) is 16.0 Å². The minimum Gasteiger partial charge on any atom is -0.469 e. The lowest BCUT2D eigenvalue weighted by Gasteiger charge is -2.04. The van der Waals surface area contributed by atoms with Gasteiger partial charge in [0, 0.05) is 13.5 Å². The molecule has 0 radical (unpaired) electrons. The summed E-state index contributed by atoms with van der Waals surface area (Å²) in [6, 6.07) is 4.33. The van der Waals surface area contributed by atoms with Crippen LogP contribution in [0.25, 0.3) is 10.2 Å². The van der Waals surface area contributed by atoms with Gasteiger partial charge in [0.05, 0.1) is 23.7 Å². The molecule has 106 valence electrons. The average Bonchev–Trinajstić information content (AvgIpc) is 2.71. The molecule has 2 aromatic rings. The van der Waals surface area contributed by atoms with Crippen molar-refractivity contribution in [3.8, 4) is 0 Å². The van der Waals surface area contributed by atoms with Crippen LogP contribution < -0.4 is 4.80 Å². The first-order valence-corrected chi connectivity index (χ1v) is 6.74. The molecular formula is C13H13FN2O3S. The van der Waals surface area contributed by atoms with Crippen LogP contribution in [-0.4, -0.2) is 23.6 Å². The lowest BCUT2D eigenvalue weighted by atomic mass is 10.3. The Labute approximate surface area is 118 Å². The van der Waals surface area contributed by atoms with E-state index in [9.17, 15) is 14.0 Å². The number of carbonyl (C=O) groups excluding carboxylic acids is 2. The fraction of sp³-hybridized carbons (Fsp3) is 0.308. The van der Waals surface area contributed by atoms with Crippen LogP contribution in [0.15, 0.2) is 23.2 Å². The van der Waals surface area contributed by atoms with E-state index >= 15 is 0 Å². The summed E-state index contributed by atoms with van der Waals surface area (Å²) < 4.78 is 20.2. The number of fused-ring (bicyclic) bond motifs is 1. The minimum atomic E-state index is -0.354. The maximum absolute atomic E-state index is 13.2. The summed E-state index contributed by atoms with van der Waals surface area (Å²) in [6.07, 6.45) is 0.158. The quantitative estimate of drug-likeness (QED) is 0.812. The van der Waals surface area contributed by atoms with Crippen LogP contribution in [0.3, 0.4) is 0 Å². The number of thiazole rings is 1. The van der Waals surface area contributed by atoms with Crippen molar-refractivity contribution in [3.63, 3.8) is 0 Å². The van der Waals surface area contributed by atoms with Gasteiger partial charge >= 0.3 is 5.97 Å². The van der Waals surface area contributed by atoms with Crippen molar-refractivity contribution in [1.29, 1.82) is 0 Å². The molecule has 0 bridgehead atoms. The summed E-state index contributed by atoms with van der Waals surface area (Å²) in [4.78, 5) is 26.7. The highest BCUT2D eigenvalue weighted by molar-refractivity contribution is 7.16. The van der Waals surface area contributed by atoms with Gasteiger partial charge in [-0.15, -0.1) is 0 Å². The largest absolute Gasteiger partial charge is 0.469 e. The topological polar surface area (TPSA) is 60.7 Å². The fourth-order valence-electron chi connectivity index (χ4n) is 1.79. The van der Waals surface area contributed by atoms with Crippen LogP contribution in [0, 0.1) is 5.82 Å². The number of nitrogens with zero attached hydrogens (tertiary/aromatic N) is 2. The smallest absolute Gasteiger partial charge is 0.307 e. The predicted octanol–water partition coefficient (Wildman–Crippen LogP) is 1.85. The van der Waals surface area contributed by atoms with Gasteiger partial charge in [-0.2, -0.15) is 4.99 Å². The molecule has 0 spiro atoms. The number of esters is 1. The maximum Gasteiger partial charge on any atom is 0.307 e. The third-order valence-electron chi connectivity index (χ3n) is 2.67. The molecule has 0 aliphatic carbocycles. The van der Waals surface area contributed by atoms with E-state index in [1.54, 1.807) is 10.6 Å². The molecule has 0 fully saturated rings. The molecule has 1 aromatic carbocycles. The zero-order chi connectivity index (χ0) is 14.7. The van der Waals surface area contributed by atoms with Gasteiger partial charge in [-0.3, -0.25) is 9.59 Å². The monoisotopic (exact) mass is 296 g/mol. The normalized spacial score (nSPS) is 11.8. The third-order valence-corrected chi connectivity index (χ3v) is 3.71.